The molecule has 1 amide bonds. The second kappa shape index (κ2) is 5.38. The molecular weight excluding hydrogens is 264 g/mol. The Kier molecular flexibility index (Phi) is 3.61. The average molecular weight is 280 g/mol. The summed E-state index contributed by atoms with van der Waals surface area (Å²) in [6, 6.07) is 3.47. The van der Waals surface area contributed by atoms with Crippen LogP contribution in [-0.4, -0.2) is 57.7 Å². The topological polar surface area (TPSA) is 62.7 Å². The number of aliphatic hydroxyl groups excluding tert-OH is 1. The number of ether oxygens (including phenoxy) is 1. The average Bonchev–Trinajstić information content (AvgIpc) is 2.88. The summed E-state index contributed by atoms with van der Waals surface area (Å²) in [7, 11) is 0. The van der Waals surface area contributed by atoms with E-state index in [-0.39, 0.29) is 12.0 Å². The molecule has 1 atom stereocenters. The van der Waals surface area contributed by atoms with Gasteiger partial charge in [0.2, 0.25) is 5.88 Å². The van der Waals surface area contributed by atoms with Gasteiger partial charge in [0, 0.05) is 25.0 Å². The Balaban J connectivity index is 1.74. The summed E-state index contributed by atoms with van der Waals surface area (Å²) in [5.74, 6) is 2.35. The van der Waals surface area contributed by atoms with Crippen molar-refractivity contribution in [2.45, 2.75) is 18.6 Å². The minimum absolute atomic E-state index is 0.112. The number of β-amino-alcohol motifs (C(OH)–C–C–N with tert-alkyl or cyclic N) is 1. The number of pyridine rings is 1. The number of carbonyl (C=O) groups is 1. The number of likely N-dealkylation sites (tertiary alicyclic amines) is 1. The monoisotopic (exact) mass is 280 g/mol. The lowest BCUT2D eigenvalue weighted by Gasteiger charge is -2.36. The quantitative estimate of drug-likeness (QED) is 0.886. The van der Waals surface area contributed by atoms with Gasteiger partial charge in [0.05, 0.1) is 6.10 Å². The van der Waals surface area contributed by atoms with Crippen LogP contribution in [0.25, 0.3) is 0 Å². The molecule has 3 rings (SSSR count). The van der Waals surface area contributed by atoms with Gasteiger partial charge in [-0.3, -0.25) is 4.79 Å². The van der Waals surface area contributed by atoms with Gasteiger partial charge in [-0.25, -0.2) is 4.98 Å². The Morgan fingerprint density at radius 3 is 3.05 bits per heavy atom. The molecule has 0 bridgehead atoms. The van der Waals surface area contributed by atoms with Crippen molar-refractivity contribution in [3.8, 4) is 5.88 Å². The number of thioether (sulfide) groups is 1. The number of nitrogens with zero attached hydrogens (tertiary/aromatic N) is 2. The van der Waals surface area contributed by atoms with Crippen LogP contribution in [0.3, 0.4) is 0 Å². The Hall–Kier alpha value is -1.27. The molecule has 2 fully saturated rings. The van der Waals surface area contributed by atoms with Gasteiger partial charge in [0.1, 0.15) is 11.7 Å². The molecule has 3 heterocycles. The van der Waals surface area contributed by atoms with Crippen LogP contribution in [0, 0.1) is 0 Å². The number of hydrogen-bond acceptors (Lipinski definition) is 5. The summed E-state index contributed by atoms with van der Waals surface area (Å²) in [6.45, 7) is 0.791. The Morgan fingerprint density at radius 2 is 2.37 bits per heavy atom. The molecule has 19 heavy (non-hydrogen) atoms. The summed E-state index contributed by atoms with van der Waals surface area (Å²) < 4.78 is 5.83. The third-order valence-corrected chi connectivity index (χ3v) is 4.45. The molecule has 1 aromatic heterocycles. The molecular formula is C13H16N2O3S. The van der Waals surface area contributed by atoms with Crippen LogP contribution < -0.4 is 4.74 Å². The van der Waals surface area contributed by atoms with Gasteiger partial charge in [0.15, 0.2) is 0 Å². The molecule has 5 nitrogen and oxygen atoms in total. The van der Waals surface area contributed by atoms with E-state index in [2.05, 4.69) is 4.98 Å². The molecule has 0 unspecified atom stereocenters. The van der Waals surface area contributed by atoms with Crippen molar-refractivity contribution in [3.05, 3.63) is 23.9 Å². The van der Waals surface area contributed by atoms with E-state index in [1.165, 1.54) is 0 Å². The molecule has 1 N–H and O–H groups in total. The predicted molar refractivity (Wildman–Crippen MR) is 72.5 cm³/mol. The van der Waals surface area contributed by atoms with Crippen LogP contribution in [0.15, 0.2) is 18.3 Å². The Bertz CT molecular complexity index is 471. The highest BCUT2D eigenvalue weighted by Crippen LogP contribution is 2.25. The highest BCUT2D eigenvalue weighted by molar-refractivity contribution is 7.99. The highest BCUT2D eigenvalue weighted by Gasteiger charge is 2.31. The number of rotatable bonds is 3. The lowest BCUT2D eigenvalue weighted by molar-refractivity contribution is 0.00550. The zero-order valence-corrected chi connectivity index (χ0v) is 11.3. The van der Waals surface area contributed by atoms with Crippen LogP contribution in [0.5, 0.6) is 5.88 Å². The van der Waals surface area contributed by atoms with Crippen LogP contribution in [-0.2, 0) is 0 Å². The van der Waals surface area contributed by atoms with Crippen molar-refractivity contribution in [3.63, 3.8) is 0 Å². The summed E-state index contributed by atoms with van der Waals surface area (Å²) in [6.07, 6.45) is 2.39. The van der Waals surface area contributed by atoms with E-state index in [1.54, 1.807) is 23.2 Å². The molecule has 0 radical (unpaired) electrons. The van der Waals surface area contributed by atoms with Crippen LogP contribution in [0.1, 0.15) is 16.8 Å². The molecule has 0 aromatic carbocycles. The van der Waals surface area contributed by atoms with Crippen molar-refractivity contribution >= 4 is 17.7 Å². The third kappa shape index (κ3) is 2.69. The molecule has 0 spiro atoms. The molecule has 6 heteroatoms. The zero-order chi connectivity index (χ0) is 13.2. The maximum absolute atomic E-state index is 12.3. The minimum atomic E-state index is -0.392. The smallest absolute Gasteiger partial charge is 0.259 e. The van der Waals surface area contributed by atoms with Crippen molar-refractivity contribution in [1.82, 2.24) is 9.88 Å². The lowest BCUT2D eigenvalue weighted by atomic mass is 10.1. The fourth-order valence-electron chi connectivity index (χ4n) is 2.20. The number of aromatic nitrogens is 1. The van der Waals surface area contributed by atoms with E-state index < -0.39 is 6.10 Å². The van der Waals surface area contributed by atoms with Crippen molar-refractivity contribution in [1.29, 1.82) is 0 Å². The molecule has 2 aliphatic rings. The fourth-order valence-corrected chi connectivity index (χ4v) is 3.30. The number of aliphatic hydroxyl groups is 1. The number of hydrogen-bond donors (Lipinski definition) is 1. The highest BCUT2D eigenvalue weighted by atomic mass is 32.2. The van der Waals surface area contributed by atoms with Crippen molar-refractivity contribution < 1.29 is 14.6 Å². The van der Waals surface area contributed by atoms with Gasteiger partial charge >= 0.3 is 0 Å². The van der Waals surface area contributed by atoms with E-state index in [4.69, 9.17) is 4.74 Å². The maximum Gasteiger partial charge on any atom is 0.259 e. The van der Waals surface area contributed by atoms with Gasteiger partial charge in [-0.2, -0.15) is 11.8 Å². The largest absolute Gasteiger partial charge is 0.473 e. The van der Waals surface area contributed by atoms with E-state index in [1.807, 2.05) is 11.8 Å². The van der Waals surface area contributed by atoms with E-state index >= 15 is 0 Å². The first-order valence-corrected chi connectivity index (χ1v) is 7.56. The van der Waals surface area contributed by atoms with Crippen LogP contribution in [0.4, 0.5) is 0 Å². The molecule has 2 saturated heterocycles. The molecule has 2 aliphatic heterocycles. The third-order valence-electron chi connectivity index (χ3n) is 3.32. The van der Waals surface area contributed by atoms with E-state index in [0.717, 1.165) is 17.9 Å². The van der Waals surface area contributed by atoms with Gasteiger partial charge in [-0.15, -0.1) is 0 Å². The zero-order valence-electron chi connectivity index (χ0n) is 10.5. The Morgan fingerprint density at radius 1 is 1.53 bits per heavy atom. The van der Waals surface area contributed by atoms with Crippen molar-refractivity contribution in [2.24, 2.45) is 0 Å². The minimum Gasteiger partial charge on any atom is -0.473 e. The number of carbonyl (C=O) groups excluding carboxylic acids is 1. The molecule has 102 valence electrons. The van der Waals surface area contributed by atoms with Crippen LogP contribution >= 0.6 is 11.8 Å². The van der Waals surface area contributed by atoms with Gasteiger partial charge in [0.25, 0.3) is 5.91 Å². The first kappa shape index (κ1) is 12.7. The van der Waals surface area contributed by atoms with Gasteiger partial charge in [-0.1, -0.05) is 0 Å². The fraction of sp³-hybridized carbons (Fsp3) is 0.538. The molecule has 0 aliphatic carbocycles. The number of amides is 1. The summed E-state index contributed by atoms with van der Waals surface area (Å²) in [4.78, 5) is 18.0. The lowest BCUT2D eigenvalue weighted by Crippen LogP contribution is -2.53. The summed E-state index contributed by atoms with van der Waals surface area (Å²) in [5.41, 5.74) is 0.492. The van der Waals surface area contributed by atoms with Crippen molar-refractivity contribution in [2.75, 3.05) is 24.6 Å². The Labute approximate surface area is 116 Å². The van der Waals surface area contributed by atoms with Crippen LogP contribution in [0.2, 0.25) is 0 Å². The standard InChI is InChI=1S/C13H16N2O3S/c16-9-6-15(7-9)13(17)11-2-1-4-14-12(11)18-10-3-5-19-8-10/h1-2,4,9-10,16H,3,5-8H2/t10-/m1/s1. The van der Waals surface area contributed by atoms with Gasteiger partial charge in [-0.05, 0) is 24.3 Å². The second-order valence-electron chi connectivity index (χ2n) is 4.82. The first-order valence-electron chi connectivity index (χ1n) is 6.41. The summed E-state index contributed by atoms with van der Waals surface area (Å²) in [5, 5.41) is 9.27. The van der Waals surface area contributed by atoms with Gasteiger partial charge < -0.3 is 14.7 Å². The summed E-state index contributed by atoms with van der Waals surface area (Å²) >= 11 is 1.86. The molecule has 1 aromatic rings. The van der Waals surface area contributed by atoms with E-state index in [9.17, 15) is 9.90 Å². The first-order chi connectivity index (χ1) is 9.24. The second-order valence-corrected chi connectivity index (χ2v) is 5.97. The molecule has 0 saturated carbocycles. The SMILES string of the molecule is O=C(c1cccnc1O[C@@H]1CCSC1)N1CC(O)C1. The predicted octanol–water partition coefficient (Wildman–Crippen LogP) is 0.783. The normalized spacial score (nSPS) is 23.2. The maximum atomic E-state index is 12.3. The van der Waals surface area contributed by atoms with E-state index in [0.29, 0.717) is 24.5 Å².